The molecule has 0 aliphatic rings. The second kappa shape index (κ2) is 7.08. The van der Waals surface area contributed by atoms with Gasteiger partial charge in [-0.15, -0.1) is 0 Å². The van der Waals surface area contributed by atoms with E-state index in [0.29, 0.717) is 18.1 Å². The number of hydrogen-bond donors (Lipinski definition) is 1. The van der Waals surface area contributed by atoms with E-state index in [1.807, 2.05) is 18.5 Å². The number of amides is 1. The average Bonchev–Trinajstić information content (AvgIpc) is 3.03. The molecule has 6 nitrogen and oxygen atoms in total. The molecule has 7 heteroatoms. The first-order chi connectivity index (χ1) is 10.1. The second-order valence-electron chi connectivity index (χ2n) is 4.55. The van der Waals surface area contributed by atoms with Gasteiger partial charge in [-0.1, -0.05) is 11.6 Å². The van der Waals surface area contributed by atoms with Crippen LogP contribution < -0.4 is 5.32 Å². The van der Waals surface area contributed by atoms with E-state index in [1.165, 1.54) is 6.08 Å². The van der Waals surface area contributed by atoms with Crippen molar-refractivity contribution in [3.63, 3.8) is 0 Å². The first-order valence-corrected chi connectivity index (χ1v) is 7.14. The lowest BCUT2D eigenvalue weighted by Gasteiger charge is -2.02. The number of nitrogens with one attached hydrogen (secondary N) is 1. The van der Waals surface area contributed by atoms with Crippen molar-refractivity contribution in [2.75, 3.05) is 6.54 Å². The summed E-state index contributed by atoms with van der Waals surface area (Å²) in [6.07, 6.45) is 8.33. The molecule has 21 heavy (non-hydrogen) atoms. The quantitative estimate of drug-likeness (QED) is 0.829. The van der Waals surface area contributed by atoms with E-state index in [0.717, 1.165) is 17.8 Å². The highest BCUT2D eigenvalue weighted by Gasteiger charge is 2.02. The molecule has 0 aliphatic carbocycles. The van der Waals surface area contributed by atoms with Crippen LogP contribution in [0.25, 0.3) is 6.08 Å². The maximum atomic E-state index is 11.7. The Hall–Kier alpha value is -2.08. The van der Waals surface area contributed by atoms with Crippen molar-refractivity contribution in [2.24, 2.45) is 0 Å². The summed E-state index contributed by atoms with van der Waals surface area (Å²) in [6.45, 7) is 5.91. The highest BCUT2D eigenvalue weighted by Crippen LogP contribution is 2.08. The van der Waals surface area contributed by atoms with Crippen molar-refractivity contribution in [3.8, 4) is 0 Å². The van der Waals surface area contributed by atoms with E-state index in [1.54, 1.807) is 29.3 Å². The largest absolute Gasteiger partial charge is 0.351 e. The van der Waals surface area contributed by atoms with Crippen LogP contribution in [0.3, 0.4) is 0 Å². The average molecular weight is 308 g/mol. The third kappa shape index (κ3) is 4.19. The maximum Gasteiger partial charge on any atom is 0.244 e. The molecular weight excluding hydrogens is 290 g/mol. The van der Waals surface area contributed by atoms with E-state index in [-0.39, 0.29) is 5.91 Å². The Morgan fingerprint density at radius 1 is 1.43 bits per heavy atom. The molecule has 112 valence electrons. The van der Waals surface area contributed by atoms with Crippen LogP contribution in [0.5, 0.6) is 0 Å². The lowest BCUT2D eigenvalue weighted by atomic mass is 10.2. The van der Waals surface area contributed by atoms with Gasteiger partial charge in [0.25, 0.3) is 0 Å². The number of aryl methyl sites for hydroxylation is 1. The summed E-state index contributed by atoms with van der Waals surface area (Å²) in [4.78, 5) is 11.7. The molecule has 2 heterocycles. The lowest BCUT2D eigenvalue weighted by molar-refractivity contribution is -0.116. The standard InChI is InChI=1S/C14H18ClN5O/c1-3-20-11(2)12(8-18-20)4-5-14(21)16-6-7-19-10-13(15)9-17-19/h4-5,8-10H,3,6-7H2,1-2H3,(H,16,21)/b5-4+. The molecule has 0 bridgehead atoms. The van der Waals surface area contributed by atoms with Crippen LogP contribution in [0.2, 0.25) is 5.02 Å². The molecule has 0 atom stereocenters. The van der Waals surface area contributed by atoms with Crippen LogP contribution >= 0.6 is 11.6 Å². The summed E-state index contributed by atoms with van der Waals surface area (Å²) in [5.41, 5.74) is 2.00. The summed E-state index contributed by atoms with van der Waals surface area (Å²) in [5, 5.41) is 11.6. The van der Waals surface area contributed by atoms with Gasteiger partial charge in [-0.3, -0.25) is 14.2 Å². The Balaban J connectivity index is 1.81. The number of aromatic nitrogens is 4. The summed E-state index contributed by atoms with van der Waals surface area (Å²) < 4.78 is 3.57. The first kappa shape index (κ1) is 15.3. The minimum atomic E-state index is -0.142. The zero-order chi connectivity index (χ0) is 15.2. The van der Waals surface area contributed by atoms with Crippen LogP contribution in [0.4, 0.5) is 0 Å². The molecule has 0 saturated heterocycles. The highest BCUT2D eigenvalue weighted by atomic mass is 35.5. The predicted octanol–water partition coefficient (Wildman–Crippen LogP) is 1.89. The van der Waals surface area contributed by atoms with Crippen molar-refractivity contribution in [3.05, 3.63) is 40.9 Å². The van der Waals surface area contributed by atoms with Crippen LogP contribution in [0, 0.1) is 6.92 Å². The molecule has 0 spiro atoms. The van der Waals surface area contributed by atoms with E-state index in [4.69, 9.17) is 11.6 Å². The predicted molar refractivity (Wildman–Crippen MR) is 81.9 cm³/mol. The highest BCUT2D eigenvalue weighted by molar-refractivity contribution is 6.30. The molecular formula is C14H18ClN5O. The third-order valence-corrected chi connectivity index (χ3v) is 3.29. The fourth-order valence-electron chi connectivity index (χ4n) is 1.92. The monoisotopic (exact) mass is 307 g/mol. The third-order valence-electron chi connectivity index (χ3n) is 3.10. The zero-order valence-electron chi connectivity index (χ0n) is 12.1. The van der Waals surface area contributed by atoms with E-state index in [9.17, 15) is 4.79 Å². The van der Waals surface area contributed by atoms with Crippen LogP contribution in [0.15, 0.2) is 24.7 Å². The van der Waals surface area contributed by atoms with Gasteiger partial charge in [-0.05, 0) is 19.9 Å². The topological polar surface area (TPSA) is 64.7 Å². The fraction of sp³-hybridized carbons (Fsp3) is 0.357. The molecule has 1 amide bonds. The van der Waals surface area contributed by atoms with Crippen molar-refractivity contribution in [2.45, 2.75) is 26.9 Å². The lowest BCUT2D eigenvalue weighted by Crippen LogP contribution is -2.25. The SMILES string of the molecule is CCn1ncc(/C=C/C(=O)NCCn2cc(Cl)cn2)c1C. The van der Waals surface area contributed by atoms with Gasteiger partial charge in [-0.25, -0.2) is 0 Å². The maximum absolute atomic E-state index is 11.7. The smallest absolute Gasteiger partial charge is 0.244 e. The first-order valence-electron chi connectivity index (χ1n) is 6.76. The van der Waals surface area contributed by atoms with Gasteiger partial charge in [0.1, 0.15) is 0 Å². The molecule has 0 fully saturated rings. The Morgan fingerprint density at radius 2 is 2.24 bits per heavy atom. The van der Waals surface area contributed by atoms with Gasteiger partial charge < -0.3 is 5.32 Å². The Bertz CT molecular complexity index is 644. The van der Waals surface area contributed by atoms with Gasteiger partial charge in [0.2, 0.25) is 5.91 Å². The number of hydrogen-bond acceptors (Lipinski definition) is 3. The van der Waals surface area contributed by atoms with Crippen molar-refractivity contribution >= 4 is 23.6 Å². The zero-order valence-corrected chi connectivity index (χ0v) is 12.8. The molecule has 0 saturated carbocycles. The molecule has 0 aromatic carbocycles. The summed E-state index contributed by atoms with van der Waals surface area (Å²) in [7, 11) is 0. The van der Waals surface area contributed by atoms with Crippen LogP contribution in [0.1, 0.15) is 18.2 Å². The molecule has 2 rings (SSSR count). The number of halogens is 1. The normalized spacial score (nSPS) is 11.2. The molecule has 2 aromatic rings. The molecule has 0 aliphatic heterocycles. The minimum absolute atomic E-state index is 0.142. The number of nitrogens with zero attached hydrogens (tertiary/aromatic N) is 4. The summed E-state index contributed by atoms with van der Waals surface area (Å²) in [6, 6.07) is 0. The van der Waals surface area contributed by atoms with Crippen LogP contribution in [-0.4, -0.2) is 32.0 Å². The van der Waals surface area contributed by atoms with E-state index in [2.05, 4.69) is 15.5 Å². The van der Waals surface area contributed by atoms with Crippen molar-refractivity contribution < 1.29 is 4.79 Å². The van der Waals surface area contributed by atoms with Gasteiger partial charge in [0.15, 0.2) is 0 Å². The van der Waals surface area contributed by atoms with Crippen LogP contribution in [-0.2, 0) is 17.9 Å². The second-order valence-corrected chi connectivity index (χ2v) is 4.98. The Kier molecular flexibility index (Phi) is 5.16. The van der Waals surface area contributed by atoms with Gasteiger partial charge >= 0.3 is 0 Å². The van der Waals surface area contributed by atoms with Crippen molar-refractivity contribution in [1.82, 2.24) is 24.9 Å². The van der Waals surface area contributed by atoms with E-state index >= 15 is 0 Å². The summed E-state index contributed by atoms with van der Waals surface area (Å²) in [5.74, 6) is -0.142. The number of carbonyl (C=O) groups is 1. The number of rotatable bonds is 6. The molecule has 2 aromatic heterocycles. The van der Waals surface area contributed by atoms with Gasteiger partial charge in [0.05, 0.1) is 24.0 Å². The summed E-state index contributed by atoms with van der Waals surface area (Å²) >= 11 is 5.76. The van der Waals surface area contributed by atoms with Gasteiger partial charge in [-0.2, -0.15) is 10.2 Å². The van der Waals surface area contributed by atoms with E-state index < -0.39 is 0 Å². The minimum Gasteiger partial charge on any atom is -0.351 e. The Morgan fingerprint density at radius 3 is 2.86 bits per heavy atom. The molecule has 0 radical (unpaired) electrons. The fourth-order valence-corrected chi connectivity index (χ4v) is 2.08. The number of carbonyl (C=O) groups excluding carboxylic acids is 1. The molecule has 1 N–H and O–H groups in total. The Labute approximate surface area is 128 Å². The van der Waals surface area contributed by atoms with Crippen molar-refractivity contribution in [1.29, 1.82) is 0 Å². The van der Waals surface area contributed by atoms with Gasteiger partial charge in [0, 0.05) is 36.6 Å². The molecule has 0 unspecified atom stereocenters.